The van der Waals surface area contributed by atoms with Gasteiger partial charge in [0.2, 0.25) is 0 Å². The van der Waals surface area contributed by atoms with Gasteiger partial charge in [0.05, 0.1) is 18.3 Å². The Balaban J connectivity index is 1.51. The Morgan fingerprint density at radius 2 is 1.70 bits per heavy atom. The van der Waals surface area contributed by atoms with Crippen LogP contribution in [0.4, 0.5) is 13.2 Å². The van der Waals surface area contributed by atoms with Crippen LogP contribution in [-0.2, 0) is 22.6 Å². The molecule has 0 saturated carbocycles. The summed E-state index contributed by atoms with van der Waals surface area (Å²) in [4.78, 5) is 12.0. The maximum absolute atomic E-state index is 12.1. The number of carbonyl (C=O) groups excluding carboxylic acids is 1. The van der Waals surface area contributed by atoms with E-state index in [0.29, 0.717) is 11.1 Å². The molecule has 1 heterocycles. The molecule has 0 unspecified atom stereocenters. The first-order chi connectivity index (χ1) is 12.9. The molecule has 1 aromatic heterocycles. The molecule has 3 rings (SSSR count). The van der Waals surface area contributed by atoms with Gasteiger partial charge in [-0.2, -0.15) is 5.10 Å². The van der Waals surface area contributed by atoms with E-state index in [1.807, 2.05) is 30.3 Å². The lowest BCUT2D eigenvalue weighted by Gasteiger charge is -2.09. The van der Waals surface area contributed by atoms with Crippen LogP contribution in [0.3, 0.4) is 0 Å². The number of halogens is 3. The highest BCUT2D eigenvalue weighted by Gasteiger charge is 2.30. The van der Waals surface area contributed by atoms with Crippen LogP contribution in [0, 0.1) is 0 Å². The fourth-order valence-corrected chi connectivity index (χ4v) is 2.34. The van der Waals surface area contributed by atoms with Gasteiger partial charge in [-0.3, -0.25) is 4.79 Å². The summed E-state index contributed by atoms with van der Waals surface area (Å²) in [5, 5.41) is 4.20. The molecule has 0 radical (unpaired) electrons. The molecule has 0 aliphatic carbocycles. The topological polar surface area (TPSA) is 53.4 Å². The van der Waals surface area contributed by atoms with E-state index in [-0.39, 0.29) is 18.8 Å². The lowest BCUT2D eigenvalue weighted by atomic mass is 10.2. The van der Waals surface area contributed by atoms with Crippen LogP contribution in [0.1, 0.15) is 11.1 Å². The Hall–Kier alpha value is -3.29. The highest BCUT2D eigenvalue weighted by atomic mass is 19.4. The molecule has 0 saturated heterocycles. The van der Waals surface area contributed by atoms with Crippen molar-refractivity contribution in [1.82, 2.24) is 9.78 Å². The van der Waals surface area contributed by atoms with Crippen molar-refractivity contribution < 1.29 is 27.4 Å². The summed E-state index contributed by atoms with van der Waals surface area (Å²) >= 11 is 0. The number of carbonyl (C=O) groups is 1. The molecule has 0 aliphatic heterocycles. The highest BCUT2D eigenvalue weighted by molar-refractivity contribution is 5.72. The summed E-state index contributed by atoms with van der Waals surface area (Å²) < 4.78 is 46.9. The van der Waals surface area contributed by atoms with Gasteiger partial charge < -0.3 is 9.47 Å². The van der Waals surface area contributed by atoms with Crippen molar-refractivity contribution in [3.63, 3.8) is 0 Å². The molecule has 5 nitrogen and oxygen atoms in total. The van der Waals surface area contributed by atoms with E-state index >= 15 is 0 Å². The van der Waals surface area contributed by atoms with E-state index in [1.165, 1.54) is 24.3 Å². The van der Waals surface area contributed by atoms with Gasteiger partial charge in [0, 0.05) is 11.8 Å². The lowest BCUT2D eigenvalue weighted by Crippen LogP contribution is -2.17. The third-order valence-electron chi connectivity index (χ3n) is 3.56. The molecule has 2 aromatic carbocycles. The van der Waals surface area contributed by atoms with Crippen LogP contribution in [0.25, 0.3) is 5.69 Å². The molecular formula is C19H15F3N2O3. The number of aromatic nitrogens is 2. The number of para-hydroxylation sites is 1. The quantitative estimate of drug-likeness (QED) is 0.609. The number of rotatable bonds is 6. The van der Waals surface area contributed by atoms with Crippen LogP contribution >= 0.6 is 0 Å². The minimum Gasteiger partial charge on any atom is -0.461 e. The van der Waals surface area contributed by atoms with Gasteiger partial charge in [-0.05, 0) is 29.8 Å². The summed E-state index contributed by atoms with van der Waals surface area (Å²) in [6.45, 7) is -0.0437. The van der Waals surface area contributed by atoms with Crippen molar-refractivity contribution in [3.8, 4) is 11.4 Å². The molecule has 27 heavy (non-hydrogen) atoms. The van der Waals surface area contributed by atoms with Crippen molar-refractivity contribution in [3.05, 3.63) is 78.1 Å². The highest BCUT2D eigenvalue weighted by Crippen LogP contribution is 2.23. The SMILES string of the molecule is O=C(Cc1cnn(-c2ccccc2)c1)OCc1ccc(OC(F)(F)F)cc1. The van der Waals surface area contributed by atoms with Crippen molar-refractivity contribution in [2.75, 3.05) is 0 Å². The number of alkyl halides is 3. The van der Waals surface area contributed by atoms with E-state index in [0.717, 1.165) is 5.69 Å². The second-order valence-corrected chi connectivity index (χ2v) is 5.66. The van der Waals surface area contributed by atoms with Crippen LogP contribution in [0.5, 0.6) is 5.75 Å². The van der Waals surface area contributed by atoms with E-state index in [1.54, 1.807) is 17.1 Å². The van der Waals surface area contributed by atoms with E-state index in [9.17, 15) is 18.0 Å². The minimum atomic E-state index is -4.74. The summed E-state index contributed by atoms with van der Waals surface area (Å²) in [5.74, 6) is -0.788. The molecule has 0 bridgehead atoms. The fourth-order valence-electron chi connectivity index (χ4n) is 2.34. The number of esters is 1. The monoisotopic (exact) mass is 376 g/mol. The molecule has 0 atom stereocenters. The molecule has 0 amide bonds. The third kappa shape index (κ3) is 5.60. The van der Waals surface area contributed by atoms with Gasteiger partial charge in [0.1, 0.15) is 12.4 Å². The van der Waals surface area contributed by atoms with Crippen LogP contribution in [0.15, 0.2) is 67.0 Å². The van der Waals surface area contributed by atoms with Gasteiger partial charge in [-0.1, -0.05) is 30.3 Å². The van der Waals surface area contributed by atoms with E-state index in [2.05, 4.69) is 9.84 Å². The Morgan fingerprint density at radius 1 is 1.00 bits per heavy atom. The van der Waals surface area contributed by atoms with Crippen molar-refractivity contribution >= 4 is 5.97 Å². The van der Waals surface area contributed by atoms with Crippen molar-refractivity contribution in [1.29, 1.82) is 0 Å². The van der Waals surface area contributed by atoms with Crippen molar-refractivity contribution in [2.24, 2.45) is 0 Å². The predicted molar refractivity (Wildman–Crippen MR) is 90.2 cm³/mol. The largest absolute Gasteiger partial charge is 0.573 e. The molecular weight excluding hydrogens is 361 g/mol. The summed E-state index contributed by atoms with van der Waals surface area (Å²) in [6.07, 6.45) is -1.38. The van der Waals surface area contributed by atoms with Gasteiger partial charge in [-0.25, -0.2) is 4.68 Å². The van der Waals surface area contributed by atoms with Gasteiger partial charge in [0.15, 0.2) is 0 Å². The average molecular weight is 376 g/mol. The number of nitrogens with zero attached hydrogens (tertiary/aromatic N) is 2. The number of benzene rings is 2. The lowest BCUT2D eigenvalue weighted by molar-refractivity contribution is -0.274. The first-order valence-corrected chi connectivity index (χ1v) is 7.98. The van der Waals surface area contributed by atoms with Crippen LogP contribution in [0.2, 0.25) is 0 Å². The summed E-state index contributed by atoms with van der Waals surface area (Å²) in [6, 6.07) is 14.6. The Labute approximate surface area is 152 Å². The first-order valence-electron chi connectivity index (χ1n) is 7.98. The van der Waals surface area contributed by atoms with E-state index in [4.69, 9.17) is 4.74 Å². The molecule has 0 N–H and O–H groups in total. The Bertz CT molecular complexity index is 891. The second kappa shape index (κ2) is 7.94. The van der Waals surface area contributed by atoms with Gasteiger partial charge in [-0.15, -0.1) is 13.2 Å². The predicted octanol–water partition coefficient (Wildman–Crippen LogP) is 4.06. The zero-order valence-electron chi connectivity index (χ0n) is 14.0. The van der Waals surface area contributed by atoms with E-state index < -0.39 is 12.3 Å². The second-order valence-electron chi connectivity index (χ2n) is 5.66. The normalized spacial score (nSPS) is 11.2. The van der Waals surface area contributed by atoms with Gasteiger partial charge in [0.25, 0.3) is 0 Å². The number of hydrogen-bond acceptors (Lipinski definition) is 4. The fraction of sp³-hybridized carbons (Fsp3) is 0.158. The molecule has 3 aromatic rings. The zero-order chi connectivity index (χ0) is 19.3. The Morgan fingerprint density at radius 3 is 2.37 bits per heavy atom. The number of hydrogen-bond donors (Lipinski definition) is 0. The van der Waals surface area contributed by atoms with Crippen molar-refractivity contribution in [2.45, 2.75) is 19.4 Å². The smallest absolute Gasteiger partial charge is 0.461 e. The molecule has 0 aliphatic rings. The first kappa shape index (κ1) is 18.5. The standard InChI is InChI=1S/C19H15F3N2O3/c20-19(21,22)27-17-8-6-14(7-9-17)13-26-18(25)10-15-11-23-24(12-15)16-4-2-1-3-5-16/h1-9,11-12H,10,13H2. The molecule has 0 fully saturated rings. The maximum Gasteiger partial charge on any atom is 0.573 e. The molecule has 8 heteroatoms. The molecule has 0 spiro atoms. The third-order valence-corrected chi connectivity index (χ3v) is 3.56. The van der Waals surface area contributed by atoms with Crippen LogP contribution in [-0.4, -0.2) is 22.1 Å². The Kier molecular flexibility index (Phi) is 5.44. The average Bonchev–Trinajstić information content (AvgIpc) is 3.09. The van der Waals surface area contributed by atoms with Crippen LogP contribution < -0.4 is 4.74 Å². The number of ether oxygens (including phenoxy) is 2. The molecule has 140 valence electrons. The summed E-state index contributed by atoms with van der Waals surface area (Å²) in [7, 11) is 0. The van der Waals surface area contributed by atoms with Gasteiger partial charge >= 0.3 is 12.3 Å². The maximum atomic E-state index is 12.1. The summed E-state index contributed by atoms with van der Waals surface area (Å²) in [5.41, 5.74) is 2.12. The minimum absolute atomic E-state index is 0.0437. The zero-order valence-corrected chi connectivity index (χ0v) is 14.0.